The number of nitrogens with one attached hydrogen (secondary N) is 1. The van der Waals surface area contributed by atoms with Crippen molar-refractivity contribution < 1.29 is 14.7 Å². The summed E-state index contributed by atoms with van der Waals surface area (Å²) in [5, 5.41) is 11.8. The van der Waals surface area contributed by atoms with Gasteiger partial charge in [0.2, 0.25) is 0 Å². The van der Waals surface area contributed by atoms with Crippen LogP contribution in [0.2, 0.25) is 0 Å². The van der Waals surface area contributed by atoms with Crippen LogP contribution in [-0.4, -0.2) is 23.0 Å². The Balaban J connectivity index is 1.90. The van der Waals surface area contributed by atoms with E-state index in [2.05, 4.69) is 12.2 Å². The van der Waals surface area contributed by atoms with Gasteiger partial charge < -0.3 is 10.4 Å². The number of hydrogen-bond acceptors (Lipinski definition) is 3. The molecule has 0 aliphatic heterocycles. The minimum atomic E-state index is -0.754. The SMILES string of the molecule is CCc1ccc(C(=O)N[C@H]2CC[C@@H](C(=O)O)C2)s1. The highest BCUT2D eigenvalue weighted by molar-refractivity contribution is 7.14. The first-order chi connectivity index (χ1) is 8.60. The lowest BCUT2D eigenvalue weighted by Gasteiger charge is -2.11. The van der Waals surface area contributed by atoms with E-state index in [9.17, 15) is 9.59 Å². The Morgan fingerprint density at radius 1 is 1.44 bits per heavy atom. The molecule has 18 heavy (non-hydrogen) atoms. The monoisotopic (exact) mass is 267 g/mol. The summed E-state index contributed by atoms with van der Waals surface area (Å²) in [5.41, 5.74) is 0. The van der Waals surface area contributed by atoms with E-state index in [1.807, 2.05) is 12.1 Å². The third-order valence-corrected chi connectivity index (χ3v) is 4.58. The maximum atomic E-state index is 12.0. The summed E-state index contributed by atoms with van der Waals surface area (Å²) in [5.74, 6) is -1.13. The van der Waals surface area contributed by atoms with E-state index in [1.54, 1.807) is 0 Å². The molecule has 1 aromatic rings. The number of carbonyl (C=O) groups excluding carboxylic acids is 1. The molecule has 0 radical (unpaired) electrons. The molecule has 98 valence electrons. The minimum absolute atomic E-state index is 0.00535. The molecule has 4 nitrogen and oxygen atoms in total. The van der Waals surface area contributed by atoms with Gasteiger partial charge in [-0.05, 0) is 37.8 Å². The molecule has 1 aliphatic rings. The lowest BCUT2D eigenvalue weighted by atomic mass is 10.1. The third kappa shape index (κ3) is 2.90. The van der Waals surface area contributed by atoms with Gasteiger partial charge >= 0.3 is 5.97 Å². The van der Waals surface area contributed by atoms with Crippen LogP contribution in [0.1, 0.15) is 40.7 Å². The minimum Gasteiger partial charge on any atom is -0.481 e. The van der Waals surface area contributed by atoms with Crippen molar-refractivity contribution >= 4 is 23.2 Å². The van der Waals surface area contributed by atoms with E-state index in [-0.39, 0.29) is 17.9 Å². The predicted octanol–water partition coefficient (Wildman–Crippen LogP) is 2.29. The Morgan fingerprint density at radius 2 is 2.22 bits per heavy atom. The molecule has 0 spiro atoms. The van der Waals surface area contributed by atoms with Gasteiger partial charge in [-0.2, -0.15) is 0 Å². The highest BCUT2D eigenvalue weighted by Gasteiger charge is 2.30. The van der Waals surface area contributed by atoms with Gasteiger partial charge in [0.25, 0.3) is 5.91 Å². The Morgan fingerprint density at radius 3 is 2.78 bits per heavy atom. The van der Waals surface area contributed by atoms with E-state index in [4.69, 9.17) is 5.11 Å². The predicted molar refractivity (Wildman–Crippen MR) is 69.9 cm³/mol. The Hall–Kier alpha value is -1.36. The van der Waals surface area contributed by atoms with Crippen LogP contribution in [0.25, 0.3) is 0 Å². The Bertz CT molecular complexity index is 455. The number of carbonyl (C=O) groups is 2. The molecule has 1 aliphatic carbocycles. The molecule has 0 aromatic carbocycles. The molecule has 1 heterocycles. The number of rotatable bonds is 4. The van der Waals surface area contributed by atoms with Gasteiger partial charge in [-0.15, -0.1) is 11.3 Å². The van der Waals surface area contributed by atoms with Crippen LogP contribution in [0.4, 0.5) is 0 Å². The number of thiophene rings is 1. The zero-order valence-corrected chi connectivity index (χ0v) is 11.1. The second-order valence-electron chi connectivity index (χ2n) is 4.64. The van der Waals surface area contributed by atoms with Gasteiger partial charge in [0.15, 0.2) is 0 Å². The molecule has 2 N–H and O–H groups in total. The van der Waals surface area contributed by atoms with Crippen LogP contribution < -0.4 is 5.32 Å². The molecule has 1 aromatic heterocycles. The summed E-state index contributed by atoms with van der Waals surface area (Å²) in [6.07, 6.45) is 2.90. The second-order valence-corrected chi connectivity index (χ2v) is 5.81. The van der Waals surface area contributed by atoms with Crippen molar-refractivity contribution in [2.24, 2.45) is 5.92 Å². The largest absolute Gasteiger partial charge is 0.481 e. The fourth-order valence-corrected chi connectivity index (χ4v) is 3.13. The summed E-state index contributed by atoms with van der Waals surface area (Å²) in [6.45, 7) is 2.06. The standard InChI is InChI=1S/C13H17NO3S/c1-2-10-5-6-11(18-10)12(15)14-9-4-3-8(7-9)13(16)17/h5-6,8-9H,2-4,7H2,1H3,(H,14,15)(H,16,17)/t8-,9+/m1/s1. The number of amides is 1. The molecule has 1 fully saturated rings. The van der Waals surface area contributed by atoms with Crippen LogP contribution in [0.5, 0.6) is 0 Å². The van der Waals surface area contributed by atoms with Crippen LogP contribution in [0, 0.1) is 5.92 Å². The number of carboxylic acid groups (broad SMARTS) is 1. The molecule has 0 saturated heterocycles. The molecule has 1 amide bonds. The number of carboxylic acids is 1. The smallest absolute Gasteiger partial charge is 0.306 e. The summed E-state index contributed by atoms with van der Waals surface area (Å²) in [7, 11) is 0. The zero-order chi connectivity index (χ0) is 13.1. The van der Waals surface area contributed by atoms with Crippen molar-refractivity contribution in [2.45, 2.75) is 38.6 Å². The first-order valence-electron chi connectivity index (χ1n) is 6.22. The van der Waals surface area contributed by atoms with Crippen LogP contribution in [-0.2, 0) is 11.2 Å². The highest BCUT2D eigenvalue weighted by Crippen LogP contribution is 2.26. The van der Waals surface area contributed by atoms with Crippen molar-refractivity contribution in [1.82, 2.24) is 5.32 Å². The van der Waals surface area contributed by atoms with Crippen molar-refractivity contribution in [1.29, 1.82) is 0 Å². The molecule has 2 rings (SSSR count). The van der Waals surface area contributed by atoms with Crippen molar-refractivity contribution in [3.05, 3.63) is 21.9 Å². The van der Waals surface area contributed by atoms with Gasteiger partial charge in [0.05, 0.1) is 10.8 Å². The van der Waals surface area contributed by atoms with Gasteiger partial charge in [0.1, 0.15) is 0 Å². The fraction of sp³-hybridized carbons (Fsp3) is 0.538. The molecular formula is C13H17NO3S. The first-order valence-corrected chi connectivity index (χ1v) is 7.04. The van der Waals surface area contributed by atoms with Crippen molar-refractivity contribution in [3.63, 3.8) is 0 Å². The van der Waals surface area contributed by atoms with Gasteiger partial charge in [-0.25, -0.2) is 0 Å². The van der Waals surface area contributed by atoms with Gasteiger partial charge in [-0.1, -0.05) is 6.92 Å². The maximum absolute atomic E-state index is 12.0. The normalized spacial score (nSPS) is 22.9. The summed E-state index contributed by atoms with van der Waals surface area (Å²) >= 11 is 1.50. The third-order valence-electron chi connectivity index (χ3n) is 3.35. The average Bonchev–Trinajstić information content (AvgIpc) is 2.96. The summed E-state index contributed by atoms with van der Waals surface area (Å²) in [6, 6.07) is 3.81. The topological polar surface area (TPSA) is 66.4 Å². The van der Waals surface area contributed by atoms with E-state index in [0.29, 0.717) is 17.7 Å². The second kappa shape index (κ2) is 5.52. The molecule has 5 heteroatoms. The molecule has 1 saturated carbocycles. The first kappa shape index (κ1) is 13.1. The number of aliphatic carboxylic acids is 1. The fourth-order valence-electron chi connectivity index (χ4n) is 2.28. The summed E-state index contributed by atoms with van der Waals surface area (Å²) < 4.78 is 0. The van der Waals surface area contributed by atoms with Crippen LogP contribution >= 0.6 is 11.3 Å². The van der Waals surface area contributed by atoms with Gasteiger partial charge in [-0.3, -0.25) is 9.59 Å². The lowest BCUT2D eigenvalue weighted by Crippen LogP contribution is -2.32. The van der Waals surface area contributed by atoms with E-state index in [1.165, 1.54) is 16.2 Å². The zero-order valence-electron chi connectivity index (χ0n) is 10.3. The highest BCUT2D eigenvalue weighted by atomic mass is 32.1. The van der Waals surface area contributed by atoms with Crippen LogP contribution in [0.3, 0.4) is 0 Å². The summed E-state index contributed by atoms with van der Waals surface area (Å²) in [4.78, 5) is 24.7. The molecular weight excluding hydrogens is 250 g/mol. The maximum Gasteiger partial charge on any atom is 0.306 e. The average molecular weight is 267 g/mol. The van der Waals surface area contributed by atoms with E-state index >= 15 is 0 Å². The Labute approximate surface area is 110 Å². The number of hydrogen-bond donors (Lipinski definition) is 2. The molecule has 0 unspecified atom stereocenters. The van der Waals surface area contributed by atoms with Crippen LogP contribution in [0.15, 0.2) is 12.1 Å². The number of aryl methyl sites for hydroxylation is 1. The van der Waals surface area contributed by atoms with Crippen molar-refractivity contribution in [3.8, 4) is 0 Å². The van der Waals surface area contributed by atoms with E-state index < -0.39 is 5.97 Å². The van der Waals surface area contributed by atoms with Gasteiger partial charge in [0, 0.05) is 10.9 Å². The van der Waals surface area contributed by atoms with E-state index in [0.717, 1.165) is 12.8 Å². The molecule has 2 atom stereocenters. The Kier molecular flexibility index (Phi) is 4.01. The van der Waals surface area contributed by atoms with Crippen molar-refractivity contribution in [2.75, 3.05) is 0 Å². The quantitative estimate of drug-likeness (QED) is 0.879. The molecule has 0 bridgehead atoms. The lowest BCUT2D eigenvalue weighted by molar-refractivity contribution is -0.141.